The summed E-state index contributed by atoms with van der Waals surface area (Å²) in [6.07, 6.45) is 2.76. The molecule has 1 aliphatic carbocycles. The Balaban J connectivity index is 1.14. The molecule has 0 radical (unpaired) electrons. The number of aryl methyl sites for hydroxylation is 1. The van der Waals surface area contributed by atoms with Crippen LogP contribution in [0.5, 0.6) is 11.5 Å². The van der Waals surface area contributed by atoms with Crippen molar-refractivity contribution in [3.63, 3.8) is 0 Å². The van der Waals surface area contributed by atoms with Crippen LogP contribution in [-0.2, 0) is 38.5 Å². The molecular formula is C53H53N3O2. The van der Waals surface area contributed by atoms with Crippen molar-refractivity contribution in [2.75, 3.05) is 0 Å². The summed E-state index contributed by atoms with van der Waals surface area (Å²) >= 11 is 0. The third-order valence-corrected chi connectivity index (χ3v) is 13.6. The molecule has 0 amide bonds. The fourth-order valence-corrected chi connectivity index (χ4v) is 9.95. The summed E-state index contributed by atoms with van der Waals surface area (Å²) in [4.78, 5) is 10.6. The highest BCUT2D eigenvalue weighted by molar-refractivity contribution is 6.12. The molecule has 5 aromatic carbocycles. The summed E-state index contributed by atoms with van der Waals surface area (Å²) in [7, 11) is 0. The Bertz CT molecular complexity index is 2920. The molecule has 2 aliphatic heterocycles. The number of pyridine rings is 1. The number of hydrogen-bond donors (Lipinski definition) is 0. The van der Waals surface area contributed by atoms with E-state index < -0.39 is 11.1 Å². The van der Waals surface area contributed by atoms with Gasteiger partial charge in [-0.05, 0) is 113 Å². The van der Waals surface area contributed by atoms with E-state index in [1.807, 2.05) is 6.20 Å². The summed E-state index contributed by atoms with van der Waals surface area (Å²) in [5.74, 6) is 3.18. The van der Waals surface area contributed by atoms with Gasteiger partial charge in [0.15, 0.2) is 5.60 Å². The van der Waals surface area contributed by atoms with Gasteiger partial charge in [-0.2, -0.15) is 0 Å². The maximum atomic E-state index is 7.21. The molecule has 4 heterocycles. The first-order chi connectivity index (χ1) is 27.4. The normalized spacial score (nSPS) is 20.4. The van der Waals surface area contributed by atoms with E-state index in [1.165, 1.54) is 55.2 Å². The van der Waals surface area contributed by atoms with E-state index in [9.17, 15) is 0 Å². The van der Waals surface area contributed by atoms with Gasteiger partial charge in [0, 0.05) is 45.1 Å². The molecule has 5 nitrogen and oxygen atoms in total. The minimum absolute atomic E-state index is 0.00970. The summed E-state index contributed by atoms with van der Waals surface area (Å²) in [6, 6.07) is 37.6. The molecule has 2 atom stereocenters. The maximum Gasteiger partial charge on any atom is 0.218 e. The SMILES string of the molecule is Cc1cc2c3cc(C(C)(C)C)cc4c3n(c2cc1Oc1cc(C2=N[C@]3(C)c5ccccc5Cc5ccccc5[C@]3(C)O2)cc(C(C)(C)C)c1)-c1ncccc1C4(C)C. The zero-order valence-corrected chi connectivity index (χ0v) is 35.8. The van der Waals surface area contributed by atoms with Crippen LogP contribution in [0.15, 0.2) is 114 Å². The van der Waals surface area contributed by atoms with E-state index >= 15 is 0 Å². The number of benzene rings is 5. The van der Waals surface area contributed by atoms with E-state index in [0.717, 1.165) is 45.9 Å². The molecule has 58 heavy (non-hydrogen) atoms. The molecule has 0 saturated heterocycles. The minimum atomic E-state index is -0.713. The molecule has 7 aromatic rings. The Labute approximate surface area is 342 Å². The third-order valence-electron chi connectivity index (χ3n) is 13.6. The molecule has 0 spiro atoms. The monoisotopic (exact) mass is 763 g/mol. The first kappa shape index (κ1) is 36.6. The van der Waals surface area contributed by atoms with Crippen LogP contribution in [0, 0.1) is 6.92 Å². The number of fused-ring (bicyclic) bond motifs is 10. The number of aromatic nitrogens is 2. The van der Waals surface area contributed by atoms with Crippen molar-refractivity contribution < 1.29 is 9.47 Å². The standard InChI is InChI=1S/C53H53N3O2/c1-31-23-38-39-28-36(50(5,6)7)29-43-46(39)56(47-42(51(43,8)9)21-16-22-54-47)44(38)30-45(31)57-37-26-34(25-35(27-37)49(2,3)4)48-55-52(10)40-19-14-12-17-32(40)24-33-18-13-15-20-41(33)53(52,11)58-48/h12-23,25-30H,24H2,1-11H3/t52-,53+/m1/s1. The molecule has 3 aliphatic rings. The second-order valence-corrected chi connectivity index (χ2v) is 19.9. The van der Waals surface area contributed by atoms with Gasteiger partial charge in [0.25, 0.3) is 0 Å². The highest BCUT2D eigenvalue weighted by Gasteiger charge is 2.57. The van der Waals surface area contributed by atoms with Crippen LogP contribution in [-0.4, -0.2) is 15.4 Å². The van der Waals surface area contributed by atoms with Gasteiger partial charge in [0.2, 0.25) is 5.90 Å². The molecule has 292 valence electrons. The van der Waals surface area contributed by atoms with Crippen molar-refractivity contribution in [3.8, 4) is 17.3 Å². The van der Waals surface area contributed by atoms with Crippen LogP contribution in [0.4, 0.5) is 0 Å². The highest BCUT2D eigenvalue weighted by Crippen LogP contribution is 2.55. The first-order valence-corrected chi connectivity index (χ1v) is 20.8. The predicted molar refractivity (Wildman–Crippen MR) is 237 cm³/mol. The predicted octanol–water partition coefficient (Wildman–Crippen LogP) is 13.0. The summed E-state index contributed by atoms with van der Waals surface area (Å²) < 4.78 is 16.6. The Morgan fingerprint density at radius 3 is 2.05 bits per heavy atom. The highest BCUT2D eigenvalue weighted by atomic mass is 16.5. The number of nitrogens with zero attached hydrogens (tertiary/aromatic N) is 3. The molecule has 0 N–H and O–H groups in total. The largest absolute Gasteiger partial charge is 0.463 e. The van der Waals surface area contributed by atoms with Crippen LogP contribution in [0.3, 0.4) is 0 Å². The minimum Gasteiger partial charge on any atom is -0.463 e. The maximum absolute atomic E-state index is 7.21. The van der Waals surface area contributed by atoms with Gasteiger partial charge in [-0.25, -0.2) is 9.98 Å². The second-order valence-electron chi connectivity index (χ2n) is 19.9. The first-order valence-electron chi connectivity index (χ1n) is 20.8. The fourth-order valence-electron chi connectivity index (χ4n) is 9.95. The molecule has 0 unspecified atom stereocenters. The Morgan fingerprint density at radius 2 is 1.33 bits per heavy atom. The summed E-state index contributed by atoms with van der Waals surface area (Å²) in [5, 5.41) is 2.46. The lowest BCUT2D eigenvalue weighted by Gasteiger charge is -2.38. The lowest BCUT2D eigenvalue weighted by atomic mass is 9.73. The number of hydrogen-bond acceptors (Lipinski definition) is 4. The smallest absolute Gasteiger partial charge is 0.218 e. The topological polar surface area (TPSA) is 48.6 Å². The fraction of sp³-hybridized carbons (Fsp3) is 0.321. The van der Waals surface area contributed by atoms with Gasteiger partial charge in [-0.15, -0.1) is 0 Å². The molecular weight excluding hydrogens is 711 g/mol. The van der Waals surface area contributed by atoms with Gasteiger partial charge < -0.3 is 9.47 Å². The Hall–Kier alpha value is -5.68. The molecule has 0 fully saturated rings. The molecule has 10 rings (SSSR count). The van der Waals surface area contributed by atoms with Crippen molar-refractivity contribution in [3.05, 3.63) is 165 Å². The third kappa shape index (κ3) is 5.14. The average Bonchev–Trinajstić information content (AvgIpc) is 3.62. The molecule has 5 heteroatoms. The van der Waals surface area contributed by atoms with E-state index in [0.29, 0.717) is 5.90 Å². The van der Waals surface area contributed by atoms with Gasteiger partial charge in [-0.3, -0.25) is 4.57 Å². The number of ether oxygens (including phenoxy) is 2. The van der Waals surface area contributed by atoms with Crippen molar-refractivity contribution in [2.24, 2.45) is 4.99 Å². The van der Waals surface area contributed by atoms with Crippen LogP contribution in [0.25, 0.3) is 27.6 Å². The molecule has 0 bridgehead atoms. The van der Waals surface area contributed by atoms with Crippen molar-refractivity contribution >= 4 is 27.7 Å². The van der Waals surface area contributed by atoms with Crippen LogP contribution in [0.1, 0.15) is 125 Å². The number of rotatable bonds is 3. The Morgan fingerprint density at radius 1 is 0.672 bits per heavy atom. The van der Waals surface area contributed by atoms with Gasteiger partial charge in [0.1, 0.15) is 22.9 Å². The zero-order valence-electron chi connectivity index (χ0n) is 35.8. The van der Waals surface area contributed by atoms with E-state index in [4.69, 9.17) is 19.5 Å². The molecule has 2 aromatic heterocycles. The van der Waals surface area contributed by atoms with Crippen LogP contribution < -0.4 is 4.74 Å². The van der Waals surface area contributed by atoms with Crippen LogP contribution in [0.2, 0.25) is 0 Å². The van der Waals surface area contributed by atoms with Gasteiger partial charge >= 0.3 is 0 Å². The van der Waals surface area contributed by atoms with E-state index in [1.54, 1.807) is 0 Å². The Kier molecular flexibility index (Phi) is 7.54. The van der Waals surface area contributed by atoms with E-state index in [2.05, 4.69) is 184 Å². The second kappa shape index (κ2) is 11.9. The van der Waals surface area contributed by atoms with Crippen LogP contribution >= 0.6 is 0 Å². The quantitative estimate of drug-likeness (QED) is 0.180. The lowest BCUT2D eigenvalue weighted by molar-refractivity contribution is 0.0289. The zero-order chi connectivity index (χ0) is 40.7. The van der Waals surface area contributed by atoms with Gasteiger partial charge in [-0.1, -0.05) is 116 Å². The summed E-state index contributed by atoms with van der Waals surface area (Å²) in [5.41, 5.74) is 12.5. The van der Waals surface area contributed by atoms with E-state index in [-0.39, 0.29) is 16.2 Å². The summed E-state index contributed by atoms with van der Waals surface area (Å²) in [6.45, 7) is 24.9. The van der Waals surface area contributed by atoms with Crippen molar-refractivity contribution in [1.82, 2.24) is 9.55 Å². The van der Waals surface area contributed by atoms with Crippen molar-refractivity contribution in [1.29, 1.82) is 0 Å². The lowest BCUT2D eigenvalue weighted by Crippen LogP contribution is -2.42. The molecule has 0 saturated carbocycles. The average molecular weight is 764 g/mol. The number of aliphatic imine (C=N–C) groups is 1. The van der Waals surface area contributed by atoms with Gasteiger partial charge in [0.05, 0.1) is 11.0 Å². The van der Waals surface area contributed by atoms with Crippen molar-refractivity contribution in [2.45, 2.75) is 110 Å².